The first-order chi connectivity index (χ1) is 9.49. The predicted octanol–water partition coefficient (Wildman–Crippen LogP) is -0.399. The Morgan fingerprint density at radius 2 is 1.90 bits per heavy atom. The summed E-state index contributed by atoms with van der Waals surface area (Å²) >= 11 is 0. The lowest BCUT2D eigenvalue weighted by atomic mass is 9.93. The molecule has 20 heavy (non-hydrogen) atoms. The van der Waals surface area contributed by atoms with Crippen LogP contribution in [0, 0.1) is 5.92 Å². The second-order valence-electron chi connectivity index (χ2n) is 5.20. The molecule has 1 aliphatic rings. The van der Waals surface area contributed by atoms with Crippen LogP contribution < -0.4 is 16.4 Å². The Morgan fingerprint density at radius 3 is 2.45 bits per heavy atom. The van der Waals surface area contributed by atoms with Crippen molar-refractivity contribution in [3.63, 3.8) is 0 Å². The molecule has 0 bridgehead atoms. The predicted molar refractivity (Wildman–Crippen MR) is 72.8 cm³/mol. The lowest BCUT2D eigenvalue weighted by Crippen LogP contribution is -2.41. The number of carboxylic acid groups (broad SMARTS) is 1. The number of primary amides is 1. The van der Waals surface area contributed by atoms with Crippen molar-refractivity contribution < 1.29 is 19.5 Å². The smallest absolute Gasteiger partial charge is 0.326 e. The largest absolute Gasteiger partial charge is 0.480 e. The van der Waals surface area contributed by atoms with Gasteiger partial charge in [-0.1, -0.05) is 0 Å². The summed E-state index contributed by atoms with van der Waals surface area (Å²) in [5.74, 6) is -1.46. The zero-order valence-corrected chi connectivity index (χ0v) is 11.6. The van der Waals surface area contributed by atoms with Gasteiger partial charge in [0.15, 0.2) is 0 Å². The van der Waals surface area contributed by atoms with Gasteiger partial charge >= 0.3 is 5.97 Å². The number of nitrogens with two attached hydrogens (primary N) is 1. The first-order valence-corrected chi connectivity index (χ1v) is 7.00. The molecule has 114 valence electrons. The van der Waals surface area contributed by atoms with E-state index in [4.69, 9.17) is 10.8 Å². The van der Waals surface area contributed by atoms with Crippen molar-refractivity contribution in [2.24, 2.45) is 11.7 Å². The van der Waals surface area contributed by atoms with Gasteiger partial charge in [-0.15, -0.1) is 0 Å². The van der Waals surface area contributed by atoms with Crippen LogP contribution in [0.2, 0.25) is 0 Å². The molecule has 7 nitrogen and oxygen atoms in total. The molecule has 5 N–H and O–H groups in total. The number of carbonyl (C=O) groups is 3. The third-order valence-corrected chi connectivity index (χ3v) is 3.55. The molecular formula is C13H23N3O4. The molecule has 0 aromatic carbocycles. The van der Waals surface area contributed by atoms with Crippen LogP contribution in [0.25, 0.3) is 0 Å². The summed E-state index contributed by atoms with van der Waals surface area (Å²) in [6.45, 7) is 1.95. The minimum atomic E-state index is -1.14. The number of carbonyl (C=O) groups excluding carboxylic acids is 2. The maximum absolute atomic E-state index is 11.7. The molecule has 1 rings (SSSR count). The zero-order valence-electron chi connectivity index (χ0n) is 11.6. The summed E-state index contributed by atoms with van der Waals surface area (Å²) < 4.78 is 0. The number of piperidine rings is 1. The molecule has 1 atom stereocenters. The first kappa shape index (κ1) is 16.4. The van der Waals surface area contributed by atoms with E-state index in [0.29, 0.717) is 12.3 Å². The maximum Gasteiger partial charge on any atom is 0.326 e. The van der Waals surface area contributed by atoms with Crippen molar-refractivity contribution in [1.82, 2.24) is 10.6 Å². The summed E-state index contributed by atoms with van der Waals surface area (Å²) in [4.78, 5) is 33.4. The highest BCUT2D eigenvalue weighted by atomic mass is 16.4. The summed E-state index contributed by atoms with van der Waals surface area (Å²) in [6.07, 6.45) is 3.19. The van der Waals surface area contributed by atoms with E-state index in [0.717, 1.165) is 32.4 Å². The van der Waals surface area contributed by atoms with E-state index in [-0.39, 0.29) is 18.7 Å². The van der Waals surface area contributed by atoms with Crippen molar-refractivity contribution in [2.45, 2.75) is 44.6 Å². The monoisotopic (exact) mass is 285 g/mol. The van der Waals surface area contributed by atoms with Gasteiger partial charge in [0.25, 0.3) is 0 Å². The minimum absolute atomic E-state index is 0.0315. The number of hydrogen-bond acceptors (Lipinski definition) is 4. The van der Waals surface area contributed by atoms with Crippen LogP contribution in [0.5, 0.6) is 0 Å². The summed E-state index contributed by atoms with van der Waals surface area (Å²) in [5, 5.41) is 14.7. The summed E-state index contributed by atoms with van der Waals surface area (Å²) in [5.41, 5.74) is 4.98. The van der Waals surface area contributed by atoms with E-state index in [9.17, 15) is 14.4 Å². The highest BCUT2D eigenvalue weighted by Gasteiger charge is 2.21. The minimum Gasteiger partial charge on any atom is -0.480 e. The van der Waals surface area contributed by atoms with E-state index in [1.54, 1.807) is 0 Å². The van der Waals surface area contributed by atoms with Gasteiger partial charge in [0.05, 0.1) is 0 Å². The van der Waals surface area contributed by atoms with E-state index < -0.39 is 17.9 Å². The molecule has 1 heterocycles. The molecular weight excluding hydrogens is 262 g/mol. The Morgan fingerprint density at radius 1 is 1.25 bits per heavy atom. The van der Waals surface area contributed by atoms with E-state index >= 15 is 0 Å². The van der Waals surface area contributed by atoms with Gasteiger partial charge in [-0.05, 0) is 44.7 Å². The topological polar surface area (TPSA) is 122 Å². The average molecular weight is 285 g/mol. The molecule has 0 spiro atoms. The molecule has 0 unspecified atom stereocenters. The van der Waals surface area contributed by atoms with Gasteiger partial charge in [-0.3, -0.25) is 9.59 Å². The lowest BCUT2D eigenvalue weighted by Gasteiger charge is -2.22. The molecule has 0 aliphatic carbocycles. The van der Waals surface area contributed by atoms with Crippen LogP contribution in [-0.2, 0) is 14.4 Å². The molecule has 0 radical (unpaired) electrons. The fourth-order valence-electron chi connectivity index (χ4n) is 2.32. The van der Waals surface area contributed by atoms with Gasteiger partial charge in [0.1, 0.15) is 6.04 Å². The Hall–Kier alpha value is -1.63. The van der Waals surface area contributed by atoms with Gasteiger partial charge in [-0.25, -0.2) is 4.79 Å². The number of hydrogen-bond donors (Lipinski definition) is 4. The fourth-order valence-corrected chi connectivity index (χ4v) is 2.32. The van der Waals surface area contributed by atoms with Crippen molar-refractivity contribution >= 4 is 17.8 Å². The quantitative estimate of drug-likeness (QED) is 0.483. The van der Waals surface area contributed by atoms with Gasteiger partial charge in [0.2, 0.25) is 11.8 Å². The third kappa shape index (κ3) is 6.51. The van der Waals surface area contributed by atoms with Gasteiger partial charge < -0.3 is 21.5 Å². The standard InChI is InChI=1S/C13H23N3O4/c14-11(17)3-2-10(13(19)20)16-12(18)4-1-9-5-7-15-8-6-9/h9-10,15H,1-8H2,(H2,14,17)(H,16,18)(H,19,20)/t10-/m0/s1. The fraction of sp³-hybridized carbons (Fsp3) is 0.769. The zero-order chi connectivity index (χ0) is 15.0. The van der Waals surface area contributed by atoms with Crippen LogP contribution in [0.15, 0.2) is 0 Å². The summed E-state index contributed by atoms with van der Waals surface area (Å²) in [6, 6.07) is -1.04. The normalized spacial score (nSPS) is 17.4. The number of carboxylic acids is 1. The van der Waals surface area contributed by atoms with Gasteiger partial charge in [-0.2, -0.15) is 0 Å². The van der Waals surface area contributed by atoms with Crippen LogP contribution in [-0.4, -0.2) is 42.0 Å². The van der Waals surface area contributed by atoms with Crippen molar-refractivity contribution in [2.75, 3.05) is 13.1 Å². The van der Waals surface area contributed by atoms with Crippen molar-refractivity contribution in [3.05, 3.63) is 0 Å². The lowest BCUT2D eigenvalue weighted by molar-refractivity contribution is -0.142. The number of nitrogens with one attached hydrogen (secondary N) is 2. The molecule has 7 heteroatoms. The van der Waals surface area contributed by atoms with Crippen LogP contribution in [0.3, 0.4) is 0 Å². The molecule has 2 amide bonds. The second kappa shape index (κ2) is 8.52. The Balaban J connectivity index is 2.29. The molecule has 1 saturated heterocycles. The van der Waals surface area contributed by atoms with Crippen molar-refractivity contribution in [3.8, 4) is 0 Å². The number of aliphatic carboxylic acids is 1. The third-order valence-electron chi connectivity index (χ3n) is 3.55. The van der Waals surface area contributed by atoms with E-state index in [2.05, 4.69) is 10.6 Å². The molecule has 0 saturated carbocycles. The maximum atomic E-state index is 11.7. The molecule has 0 aromatic rings. The molecule has 1 fully saturated rings. The van der Waals surface area contributed by atoms with Crippen LogP contribution >= 0.6 is 0 Å². The van der Waals surface area contributed by atoms with Crippen molar-refractivity contribution in [1.29, 1.82) is 0 Å². The Bertz CT molecular complexity index is 354. The first-order valence-electron chi connectivity index (χ1n) is 7.00. The SMILES string of the molecule is NC(=O)CC[C@H](NC(=O)CCC1CCNCC1)C(=O)O. The average Bonchev–Trinajstić information content (AvgIpc) is 2.41. The highest BCUT2D eigenvalue weighted by molar-refractivity contribution is 5.84. The molecule has 0 aromatic heterocycles. The van der Waals surface area contributed by atoms with E-state index in [1.807, 2.05) is 0 Å². The Labute approximate surface area is 118 Å². The second-order valence-corrected chi connectivity index (χ2v) is 5.20. The summed E-state index contributed by atoms with van der Waals surface area (Å²) in [7, 11) is 0. The number of rotatable bonds is 8. The highest BCUT2D eigenvalue weighted by Crippen LogP contribution is 2.17. The molecule has 1 aliphatic heterocycles. The van der Waals surface area contributed by atoms with E-state index in [1.165, 1.54) is 0 Å². The Kier molecular flexibility index (Phi) is 7.00. The number of amides is 2. The van der Waals surface area contributed by atoms with Gasteiger partial charge in [0, 0.05) is 12.8 Å². The van der Waals surface area contributed by atoms with Crippen LogP contribution in [0.4, 0.5) is 0 Å². The van der Waals surface area contributed by atoms with Crippen LogP contribution in [0.1, 0.15) is 38.5 Å².